The predicted molar refractivity (Wildman–Crippen MR) is 193 cm³/mol. The molecular formula is C41H44N4O5. The number of hydrogen-bond donors (Lipinski definition) is 3. The van der Waals surface area contributed by atoms with E-state index in [4.69, 9.17) is 9.47 Å². The minimum atomic E-state index is -0.990. The van der Waals surface area contributed by atoms with Crippen molar-refractivity contribution in [1.29, 1.82) is 0 Å². The Balaban J connectivity index is 1.31. The Kier molecular flexibility index (Phi) is 12.4. The molecule has 0 aliphatic rings. The fourth-order valence-corrected chi connectivity index (χ4v) is 5.45. The van der Waals surface area contributed by atoms with E-state index in [1.165, 1.54) is 4.90 Å². The van der Waals surface area contributed by atoms with Crippen molar-refractivity contribution in [2.75, 3.05) is 13.1 Å². The maximum absolute atomic E-state index is 14.3. The molecule has 5 rings (SSSR count). The number of nitrogens with one attached hydrogen (secondary N) is 3. The molecule has 0 saturated carbocycles. The molecule has 0 aliphatic heterocycles. The number of aromatic nitrogens is 1. The van der Waals surface area contributed by atoms with Crippen LogP contribution in [0.2, 0.25) is 0 Å². The van der Waals surface area contributed by atoms with E-state index in [1.807, 2.05) is 121 Å². The standard InChI is InChI=1S/C41H44N4O5/c1-41(2,35-16-10-5-11-17-35)30-43-38(46)27-45(26-31-18-20-36(21-19-31)49-28-32-12-6-3-7-13-32)39(47)37(24-34-22-23-42-25-34)44-40(48)50-29-33-14-8-4-9-15-33/h3-23,25,37,42H,24,26-30H2,1-2H3,(H,43,46)(H,44,48). The molecule has 1 heterocycles. The summed E-state index contributed by atoms with van der Waals surface area (Å²) in [5.74, 6) is -0.0357. The first-order chi connectivity index (χ1) is 24.2. The van der Waals surface area contributed by atoms with Gasteiger partial charge in [-0.3, -0.25) is 9.59 Å². The Morgan fingerprint density at radius 2 is 1.36 bits per heavy atom. The molecular weight excluding hydrogens is 628 g/mol. The van der Waals surface area contributed by atoms with E-state index in [2.05, 4.69) is 29.5 Å². The van der Waals surface area contributed by atoms with E-state index in [1.54, 1.807) is 12.4 Å². The summed E-state index contributed by atoms with van der Waals surface area (Å²) in [6.45, 7) is 4.91. The molecule has 0 bridgehead atoms. The van der Waals surface area contributed by atoms with Crippen molar-refractivity contribution >= 4 is 17.9 Å². The molecule has 4 aromatic carbocycles. The Labute approximate surface area is 293 Å². The first-order valence-corrected chi connectivity index (χ1v) is 16.7. The van der Waals surface area contributed by atoms with Crippen LogP contribution in [-0.4, -0.2) is 46.9 Å². The molecule has 258 valence electrons. The second-order valence-electron chi connectivity index (χ2n) is 12.8. The summed E-state index contributed by atoms with van der Waals surface area (Å²) in [6.07, 6.45) is 3.00. The molecule has 9 nitrogen and oxygen atoms in total. The summed E-state index contributed by atoms with van der Waals surface area (Å²) >= 11 is 0. The predicted octanol–water partition coefficient (Wildman–Crippen LogP) is 6.55. The number of rotatable bonds is 16. The number of carbonyl (C=O) groups excluding carboxylic acids is 3. The number of aromatic amines is 1. The zero-order valence-electron chi connectivity index (χ0n) is 28.5. The second-order valence-corrected chi connectivity index (χ2v) is 12.8. The van der Waals surface area contributed by atoms with Crippen molar-refractivity contribution in [3.8, 4) is 5.75 Å². The molecule has 3 amide bonds. The topological polar surface area (TPSA) is 113 Å². The highest BCUT2D eigenvalue weighted by Crippen LogP contribution is 2.22. The van der Waals surface area contributed by atoms with E-state index < -0.39 is 18.0 Å². The smallest absolute Gasteiger partial charge is 0.408 e. The number of carbonyl (C=O) groups is 3. The van der Waals surface area contributed by atoms with Gasteiger partial charge in [0.05, 0.1) is 6.54 Å². The molecule has 50 heavy (non-hydrogen) atoms. The van der Waals surface area contributed by atoms with Gasteiger partial charge in [-0.1, -0.05) is 117 Å². The number of H-pyrrole nitrogens is 1. The maximum Gasteiger partial charge on any atom is 0.408 e. The van der Waals surface area contributed by atoms with Crippen molar-refractivity contribution < 1.29 is 23.9 Å². The summed E-state index contributed by atoms with van der Waals surface area (Å²) in [5.41, 5.74) is 4.26. The van der Waals surface area contributed by atoms with Crippen molar-refractivity contribution in [2.45, 2.75) is 51.5 Å². The first-order valence-electron chi connectivity index (χ1n) is 16.7. The average molecular weight is 673 g/mol. The molecule has 0 aliphatic carbocycles. The summed E-state index contributed by atoms with van der Waals surface area (Å²) in [5, 5.41) is 5.79. The van der Waals surface area contributed by atoms with Gasteiger partial charge in [0.2, 0.25) is 11.8 Å². The Morgan fingerprint density at radius 1 is 0.740 bits per heavy atom. The number of benzene rings is 4. The van der Waals surface area contributed by atoms with Crippen molar-refractivity contribution in [1.82, 2.24) is 20.5 Å². The minimum absolute atomic E-state index is 0.0553. The third kappa shape index (κ3) is 10.8. The molecule has 1 unspecified atom stereocenters. The van der Waals surface area contributed by atoms with Gasteiger partial charge in [0.15, 0.2) is 0 Å². The van der Waals surface area contributed by atoms with Crippen LogP contribution in [0.15, 0.2) is 134 Å². The molecule has 5 aromatic rings. The van der Waals surface area contributed by atoms with E-state index in [-0.39, 0.29) is 37.4 Å². The van der Waals surface area contributed by atoms with Gasteiger partial charge < -0.3 is 30.0 Å². The highest BCUT2D eigenvalue weighted by atomic mass is 16.5. The summed E-state index contributed by atoms with van der Waals surface area (Å²) < 4.78 is 11.4. The van der Waals surface area contributed by atoms with Crippen LogP contribution in [0.1, 0.15) is 41.7 Å². The molecule has 1 aromatic heterocycles. The van der Waals surface area contributed by atoms with Gasteiger partial charge in [0, 0.05) is 37.3 Å². The second kappa shape index (κ2) is 17.5. The van der Waals surface area contributed by atoms with Gasteiger partial charge in [-0.15, -0.1) is 0 Å². The Hall–Kier alpha value is -5.83. The van der Waals surface area contributed by atoms with E-state index in [9.17, 15) is 14.4 Å². The minimum Gasteiger partial charge on any atom is -0.489 e. The third-order valence-electron chi connectivity index (χ3n) is 8.38. The molecule has 0 radical (unpaired) electrons. The van der Waals surface area contributed by atoms with Crippen LogP contribution in [0.3, 0.4) is 0 Å². The lowest BCUT2D eigenvalue weighted by molar-refractivity contribution is -0.138. The fraction of sp³-hybridized carbons (Fsp3) is 0.244. The molecule has 1 atom stereocenters. The summed E-state index contributed by atoms with van der Waals surface area (Å²) in [4.78, 5) is 45.3. The van der Waals surface area contributed by atoms with Crippen LogP contribution in [0.25, 0.3) is 0 Å². The number of amides is 3. The number of ether oxygens (including phenoxy) is 2. The molecule has 0 fully saturated rings. The van der Waals surface area contributed by atoms with Crippen LogP contribution in [0, 0.1) is 0 Å². The number of alkyl carbamates (subject to hydrolysis) is 1. The molecule has 0 saturated heterocycles. The summed E-state index contributed by atoms with van der Waals surface area (Å²) in [7, 11) is 0. The quantitative estimate of drug-likeness (QED) is 0.110. The van der Waals surface area contributed by atoms with Gasteiger partial charge in [0.25, 0.3) is 0 Å². The molecule has 3 N–H and O–H groups in total. The molecule has 9 heteroatoms. The Bertz CT molecular complexity index is 1780. The van der Waals surface area contributed by atoms with Crippen LogP contribution in [0.5, 0.6) is 5.75 Å². The van der Waals surface area contributed by atoms with E-state index >= 15 is 0 Å². The molecule has 0 spiro atoms. The maximum atomic E-state index is 14.3. The van der Waals surface area contributed by atoms with Gasteiger partial charge >= 0.3 is 6.09 Å². The van der Waals surface area contributed by atoms with Crippen molar-refractivity contribution in [3.05, 3.63) is 162 Å². The van der Waals surface area contributed by atoms with Crippen LogP contribution in [-0.2, 0) is 45.9 Å². The van der Waals surface area contributed by atoms with Crippen LogP contribution in [0.4, 0.5) is 4.79 Å². The lowest BCUT2D eigenvalue weighted by atomic mass is 9.84. The lowest BCUT2D eigenvalue weighted by Crippen LogP contribution is -2.52. The van der Waals surface area contributed by atoms with Gasteiger partial charge in [-0.25, -0.2) is 4.79 Å². The SMILES string of the molecule is CC(C)(CNC(=O)CN(Cc1ccc(OCc2ccccc2)cc1)C(=O)C(Cc1cc[nH]c1)NC(=O)OCc1ccccc1)c1ccccc1. The highest BCUT2D eigenvalue weighted by Gasteiger charge is 2.29. The van der Waals surface area contributed by atoms with Gasteiger partial charge in [0.1, 0.15) is 25.0 Å². The van der Waals surface area contributed by atoms with E-state index in [0.717, 1.165) is 27.8 Å². The van der Waals surface area contributed by atoms with Gasteiger partial charge in [-0.05, 0) is 46.0 Å². The van der Waals surface area contributed by atoms with Crippen molar-refractivity contribution in [3.63, 3.8) is 0 Å². The largest absolute Gasteiger partial charge is 0.489 e. The van der Waals surface area contributed by atoms with Crippen molar-refractivity contribution in [2.24, 2.45) is 0 Å². The normalized spacial score (nSPS) is 11.6. The van der Waals surface area contributed by atoms with Gasteiger partial charge in [-0.2, -0.15) is 0 Å². The number of hydrogen-bond acceptors (Lipinski definition) is 5. The third-order valence-corrected chi connectivity index (χ3v) is 8.38. The van der Waals surface area contributed by atoms with Crippen LogP contribution < -0.4 is 15.4 Å². The van der Waals surface area contributed by atoms with Crippen LogP contribution >= 0.6 is 0 Å². The monoisotopic (exact) mass is 672 g/mol. The zero-order valence-corrected chi connectivity index (χ0v) is 28.5. The number of nitrogens with zero attached hydrogens (tertiary/aromatic N) is 1. The van der Waals surface area contributed by atoms with E-state index in [0.29, 0.717) is 18.9 Å². The fourth-order valence-electron chi connectivity index (χ4n) is 5.45. The average Bonchev–Trinajstić information content (AvgIpc) is 3.66. The highest BCUT2D eigenvalue weighted by molar-refractivity contribution is 5.89. The lowest BCUT2D eigenvalue weighted by Gasteiger charge is -2.29. The summed E-state index contributed by atoms with van der Waals surface area (Å²) in [6, 6.07) is 37.5. The first kappa shape index (κ1) is 35.5. The Morgan fingerprint density at radius 3 is 1.98 bits per heavy atom. The zero-order chi connectivity index (χ0) is 35.2.